The molecule has 0 aliphatic heterocycles. The van der Waals surface area contributed by atoms with Gasteiger partial charge in [-0.15, -0.1) is 0 Å². The molecule has 0 aliphatic carbocycles. The van der Waals surface area contributed by atoms with Crippen LogP contribution in [0.1, 0.15) is 34.2 Å². The van der Waals surface area contributed by atoms with Crippen molar-refractivity contribution in [1.82, 2.24) is 0 Å². The van der Waals surface area contributed by atoms with Crippen LogP contribution in [-0.2, 0) is 16.0 Å². The summed E-state index contributed by atoms with van der Waals surface area (Å²) in [5, 5.41) is 8.95. The van der Waals surface area contributed by atoms with E-state index in [4.69, 9.17) is 5.26 Å². The fraction of sp³-hybridized carbons (Fsp3) is 0.200. The molecule has 0 radical (unpaired) electrons. The molecule has 3 nitrogen and oxygen atoms in total. The van der Waals surface area contributed by atoms with Crippen molar-refractivity contribution in [2.75, 3.05) is 7.11 Å². The van der Waals surface area contributed by atoms with Gasteiger partial charge in [0.1, 0.15) is 0 Å². The summed E-state index contributed by atoms with van der Waals surface area (Å²) in [7, 11) is 1.39. The maximum Gasteiger partial charge on any atom is 0.305 e. The van der Waals surface area contributed by atoms with Crippen molar-refractivity contribution in [2.45, 2.75) is 19.8 Å². The Morgan fingerprint density at radius 1 is 1.09 bits per heavy atom. The summed E-state index contributed by atoms with van der Waals surface area (Å²) < 4.78 is 4.63. The SMILES string of the molecule is COC(=O)CCc1ccc(C#Cc2cc(C#N)ccc2C)cc1. The predicted octanol–water partition coefficient (Wildman–Crippen LogP) is 3.37. The average Bonchev–Trinajstić information content (AvgIpc) is 2.59. The van der Waals surface area contributed by atoms with E-state index in [0.717, 1.165) is 22.3 Å². The molecule has 0 N–H and O–H groups in total. The van der Waals surface area contributed by atoms with Crippen LogP contribution in [0.4, 0.5) is 0 Å². The molecule has 0 amide bonds. The van der Waals surface area contributed by atoms with Crippen molar-refractivity contribution in [3.8, 4) is 17.9 Å². The molecule has 2 aromatic rings. The number of methoxy groups -OCH3 is 1. The van der Waals surface area contributed by atoms with Gasteiger partial charge in [0.05, 0.1) is 18.7 Å². The van der Waals surface area contributed by atoms with Gasteiger partial charge in [0.2, 0.25) is 0 Å². The van der Waals surface area contributed by atoms with Crippen molar-refractivity contribution < 1.29 is 9.53 Å². The van der Waals surface area contributed by atoms with E-state index in [1.807, 2.05) is 37.3 Å². The first-order chi connectivity index (χ1) is 11.1. The number of rotatable bonds is 3. The lowest BCUT2D eigenvalue weighted by Gasteiger charge is -2.01. The minimum atomic E-state index is -0.207. The Hall–Kier alpha value is -3.04. The monoisotopic (exact) mass is 303 g/mol. The molecule has 0 fully saturated rings. The number of hydrogen-bond donors (Lipinski definition) is 0. The Morgan fingerprint density at radius 3 is 2.43 bits per heavy atom. The van der Waals surface area contributed by atoms with Gasteiger partial charge in [-0.1, -0.05) is 30.0 Å². The Morgan fingerprint density at radius 2 is 1.78 bits per heavy atom. The Labute approximate surface area is 136 Å². The van der Waals surface area contributed by atoms with E-state index in [2.05, 4.69) is 22.6 Å². The molecule has 2 rings (SSSR count). The molecule has 0 unspecified atom stereocenters. The Balaban J connectivity index is 2.10. The first-order valence-electron chi connectivity index (χ1n) is 7.31. The number of aryl methyl sites for hydroxylation is 2. The van der Waals surface area contributed by atoms with Crippen LogP contribution < -0.4 is 0 Å². The van der Waals surface area contributed by atoms with Crippen molar-refractivity contribution in [3.63, 3.8) is 0 Å². The highest BCUT2D eigenvalue weighted by Crippen LogP contribution is 2.10. The third kappa shape index (κ3) is 4.73. The second kappa shape index (κ2) is 7.82. The summed E-state index contributed by atoms with van der Waals surface area (Å²) in [6, 6.07) is 15.4. The smallest absolute Gasteiger partial charge is 0.305 e. The first kappa shape index (κ1) is 16.3. The Kier molecular flexibility index (Phi) is 5.56. The van der Waals surface area contributed by atoms with E-state index in [-0.39, 0.29) is 5.97 Å². The molecule has 0 bridgehead atoms. The molecule has 0 spiro atoms. The van der Waals surface area contributed by atoms with Crippen molar-refractivity contribution >= 4 is 5.97 Å². The summed E-state index contributed by atoms with van der Waals surface area (Å²) in [6.07, 6.45) is 1.03. The molecule has 0 saturated carbocycles. The molecule has 23 heavy (non-hydrogen) atoms. The van der Waals surface area contributed by atoms with E-state index in [9.17, 15) is 4.79 Å². The molecule has 2 aromatic carbocycles. The molecule has 0 saturated heterocycles. The number of esters is 1. The van der Waals surface area contributed by atoms with Gasteiger partial charge < -0.3 is 4.74 Å². The number of nitriles is 1. The van der Waals surface area contributed by atoms with E-state index in [0.29, 0.717) is 18.4 Å². The third-order valence-corrected chi connectivity index (χ3v) is 3.51. The molecule has 0 atom stereocenters. The summed E-state index contributed by atoms with van der Waals surface area (Å²) >= 11 is 0. The van der Waals surface area contributed by atoms with Crippen LogP contribution in [0, 0.1) is 30.1 Å². The fourth-order valence-electron chi connectivity index (χ4n) is 2.07. The van der Waals surface area contributed by atoms with Crippen LogP contribution in [0.15, 0.2) is 42.5 Å². The van der Waals surface area contributed by atoms with Crippen molar-refractivity contribution in [1.29, 1.82) is 5.26 Å². The molecular weight excluding hydrogens is 286 g/mol. The summed E-state index contributed by atoms with van der Waals surface area (Å²) in [5.41, 5.74) is 4.49. The van der Waals surface area contributed by atoms with Gasteiger partial charge in [-0.05, 0) is 48.7 Å². The lowest BCUT2D eigenvalue weighted by molar-refractivity contribution is -0.140. The highest BCUT2D eigenvalue weighted by atomic mass is 16.5. The van der Waals surface area contributed by atoms with Crippen LogP contribution in [0.2, 0.25) is 0 Å². The van der Waals surface area contributed by atoms with Gasteiger partial charge in [-0.3, -0.25) is 4.79 Å². The van der Waals surface area contributed by atoms with Gasteiger partial charge >= 0.3 is 5.97 Å². The van der Waals surface area contributed by atoms with Crippen LogP contribution in [0.3, 0.4) is 0 Å². The van der Waals surface area contributed by atoms with E-state index >= 15 is 0 Å². The molecule has 0 aliphatic rings. The number of hydrogen-bond acceptors (Lipinski definition) is 3. The Bertz CT molecular complexity index is 802. The second-order valence-corrected chi connectivity index (χ2v) is 5.16. The van der Waals surface area contributed by atoms with Crippen LogP contribution in [0.25, 0.3) is 0 Å². The van der Waals surface area contributed by atoms with Gasteiger partial charge in [-0.25, -0.2) is 0 Å². The largest absolute Gasteiger partial charge is 0.469 e. The standard InChI is InChI=1S/C20H17NO2/c1-15-3-4-18(14-21)13-19(15)11-9-16-5-7-17(8-6-16)10-12-20(22)23-2/h3-8,13H,10,12H2,1-2H3. The normalized spacial score (nSPS) is 9.43. The van der Waals surface area contributed by atoms with Crippen molar-refractivity contribution in [3.05, 3.63) is 70.3 Å². The minimum absolute atomic E-state index is 0.207. The zero-order valence-electron chi connectivity index (χ0n) is 13.2. The topological polar surface area (TPSA) is 50.1 Å². The average molecular weight is 303 g/mol. The van der Waals surface area contributed by atoms with Crippen LogP contribution in [-0.4, -0.2) is 13.1 Å². The maximum absolute atomic E-state index is 11.1. The molecule has 3 heteroatoms. The summed E-state index contributed by atoms with van der Waals surface area (Å²) in [4.78, 5) is 11.1. The zero-order valence-corrected chi connectivity index (χ0v) is 13.2. The quantitative estimate of drug-likeness (QED) is 0.645. The summed E-state index contributed by atoms with van der Waals surface area (Å²) in [6.45, 7) is 1.97. The highest BCUT2D eigenvalue weighted by molar-refractivity contribution is 5.69. The predicted molar refractivity (Wildman–Crippen MR) is 88.7 cm³/mol. The lowest BCUT2D eigenvalue weighted by Crippen LogP contribution is -2.01. The number of ether oxygens (including phenoxy) is 1. The van der Waals surface area contributed by atoms with Crippen LogP contribution in [0.5, 0.6) is 0 Å². The minimum Gasteiger partial charge on any atom is -0.469 e. The number of carbonyl (C=O) groups excluding carboxylic acids is 1. The molecule has 0 heterocycles. The number of benzene rings is 2. The second-order valence-electron chi connectivity index (χ2n) is 5.16. The number of carbonyl (C=O) groups is 1. The van der Waals surface area contributed by atoms with Gasteiger partial charge in [0.25, 0.3) is 0 Å². The van der Waals surface area contributed by atoms with Gasteiger partial charge in [0, 0.05) is 17.5 Å². The van der Waals surface area contributed by atoms with Gasteiger partial charge in [-0.2, -0.15) is 5.26 Å². The maximum atomic E-state index is 11.1. The highest BCUT2D eigenvalue weighted by Gasteiger charge is 2.01. The van der Waals surface area contributed by atoms with E-state index in [1.54, 1.807) is 12.1 Å². The first-order valence-corrected chi connectivity index (χ1v) is 7.31. The van der Waals surface area contributed by atoms with Crippen molar-refractivity contribution in [2.24, 2.45) is 0 Å². The molecule has 0 aromatic heterocycles. The third-order valence-electron chi connectivity index (χ3n) is 3.51. The fourth-order valence-corrected chi connectivity index (χ4v) is 2.07. The lowest BCUT2D eigenvalue weighted by atomic mass is 10.0. The summed E-state index contributed by atoms with van der Waals surface area (Å²) in [5.74, 6) is 6.01. The van der Waals surface area contributed by atoms with Crippen LogP contribution >= 0.6 is 0 Å². The molecule has 114 valence electrons. The molecular formula is C20H17NO2. The zero-order chi connectivity index (χ0) is 16.7. The number of nitrogens with zero attached hydrogens (tertiary/aromatic N) is 1. The van der Waals surface area contributed by atoms with E-state index < -0.39 is 0 Å². The van der Waals surface area contributed by atoms with Gasteiger partial charge in [0.15, 0.2) is 0 Å². The van der Waals surface area contributed by atoms with E-state index in [1.165, 1.54) is 7.11 Å².